The van der Waals surface area contributed by atoms with Gasteiger partial charge in [-0.15, -0.1) is 0 Å². The molecule has 0 radical (unpaired) electrons. The smallest absolute Gasteiger partial charge is 0.249 e. The largest absolute Gasteiger partial charge is 0.366 e. The normalized spacial score (nSPS) is 12.6. The summed E-state index contributed by atoms with van der Waals surface area (Å²) in [5.41, 5.74) is 0.354. The van der Waals surface area contributed by atoms with Crippen LogP contribution in [0.3, 0.4) is 0 Å². The van der Waals surface area contributed by atoms with Crippen molar-refractivity contribution >= 4 is 17.5 Å². The van der Waals surface area contributed by atoms with Gasteiger partial charge in [0.05, 0.1) is 11.1 Å². The van der Waals surface area contributed by atoms with Crippen molar-refractivity contribution in [2.75, 3.05) is 0 Å². The van der Waals surface area contributed by atoms with Gasteiger partial charge in [-0.3, -0.25) is 4.79 Å². The van der Waals surface area contributed by atoms with Crippen molar-refractivity contribution in [1.82, 2.24) is 5.32 Å². The molecule has 1 atom stereocenters. The average Bonchev–Trinajstić information content (AvgIpc) is 2.29. The minimum Gasteiger partial charge on any atom is -0.366 e. The highest BCUT2D eigenvalue weighted by molar-refractivity contribution is 6.30. The van der Waals surface area contributed by atoms with Gasteiger partial charge in [0, 0.05) is 12.1 Å². The van der Waals surface area contributed by atoms with Crippen LogP contribution in [0.1, 0.15) is 26.3 Å². The molecule has 0 saturated carbocycles. The summed E-state index contributed by atoms with van der Waals surface area (Å²) in [5.74, 6) is -0.778. The quantitative estimate of drug-likeness (QED) is 0.896. The first-order valence-corrected chi connectivity index (χ1v) is 6.15. The number of hydrogen-bond donors (Lipinski definition) is 1. The molecule has 0 bridgehead atoms. The van der Waals surface area contributed by atoms with Crippen LogP contribution in [0.25, 0.3) is 0 Å². The lowest BCUT2D eigenvalue weighted by molar-refractivity contribution is -0.134. The van der Waals surface area contributed by atoms with Crippen LogP contribution in [0, 0.1) is 5.82 Å². The highest BCUT2D eigenvalue weighted by atomic mass is 35.5. The van der Waals surface area contributed by atoms with Crippen LogP contribution in [0.5, 0.6) is 0 Å². The number of benzene rings is 1. The monoisotopic (exact) mass is 273 g/mol. The maximum absolute atomic E-state index is 13.5. The molecule has 1 aromatic rings. The molecule has 0 aromatic heterocycles. The van der Waals surface area contributed by atoms with E-state index in [-0.39, 0.29) is 23.6 Å². The number of carbonyl (C=O) groups is 1. The van der Waals surface area contributed by atoms with E-state index in [1.165, 1.54) is 6.07 Å². The fourth-order valence-corrected chi connectivity index (χ4v) is 1.68. The highest BCUT2D eigenvalue weighted by Crippen LogP contribution is 2.17. The van der Waals surface area contributed by atoms with E-state index < -0.39 is 11.9 Å². The lowest BCUT2D eigenvalue weighted by Gasteiger charge is -2.16. The molecule has 5 heteroatoms. The third-order valence-corrected chi connectivity index (χ3v) is 2.62. The predicted octanol–water partition coefficient (Wildman–Crippen LogP) is 2.91. The number of hydrogen-bond acceptors (Lipinski definition) is 2. The Kier molecular flexibility index (Phi) is 5.56. The van der Waals surface area contributed by atoms with Crippen molar-refractivity contribution < 1.29 is 13.9 Å². The molecule has 1 rings (SSSR count). The lowest BCUT2D eigenvalue weighted by atomic mass is 10.2. The fraction of sp³-hybridized carbons (Fsp3) is 0.462. The summed E-state index contributed by atoms with van der Waals surface area (Å²) >= 11 is 5.65. The van der Waals surface area contributed by atoms with Gasteiger partial charge in [-0.1, -0.05) is 23.7 Å². The van der Waals surface area contributed by atoms with E-state index in [1.807, 2.05) is 13.8 Å². The summed E-state index contributed by atoms with van der Waals surface area (Å²) in [7, 11) is 0. The number of nitrogens with one attached hydrogen (secondary N) is 1. The van der Waals surface area contributed by atoms with Gasteiger partial charge in [-0.25, -0.2) is 4.39 Å². The first-order chi connectivity index (χ1) is 8.41. The molecule has 0 saturated heterocycles. The third-order valence-electron chi connectivity index (χ3n) is 2.33. The van der Waals surface area contributed by atoms with Crippen molar-refractivity contribution in [3.8, 4) is 0 Å². The van der Waals surface area contributed by atoms with Crippen LogP contribution in [-0.4, -0.2) is 18.1 Å². The highest BCUT2D eigenvalue weighted by Gasteiger charge is 2.15. The molecule has 0 fully saturated rings. The minimum atomic E-state index is -0.563. The van der Waals surface area contributed by atoms with Crippen molar-refractivity contribution in [3.63, 3.8) is 0 Å². The van der Waals surface area contributed by atoms with E-state index in [9.17, 15) is 9.18 Å². The van der Waals surface area contributed by atoms with Gasteiger partial charge in [0.2, 0.25) is 5.91 Å². The van der Waals surface area contributed by atoms with E-state index in [4.69, 9.17) is 16.3 Å². The summed E-state index contributed by atoms with van der Waals surface area (Å²) in [6.45, 7) is 5.45. The molecule has 0 aliphatic heterocycles. The second-order valence-electron chi connectivity index (χ2n) is 4.26. The van der Waals surface area contributed by atoms with Gasteiger partial charge >= 0.3 is 0 Å². The first kappa shape index (κ1) is 14.9. The Morgan fingerprint density at radius 2 is 2.11 bits per heavy atom. The molecule has 0 spiro atoms. The SMILES string of the molecule is CC(C)O[C@H](C)C(=O)NCc1cccc(Cl)c1F. The van der Waals surface area contributed by atoms with E-state index in [0.717, 1.165) is 0 Å². The molecular weight excluding hydrogens is 257 g/mol. The van der Waals surface area contributed by atoms with E-state index in [2.05, 4.69) is 5.32 Å². The Morgan fingerprint density at radius 1 is 1.44 bits per heavy atom. The summed E-state index contributed by atoms with van der Waals surface area (Å²) in [5, 5.41) is 2.66. The van der Waals surface area contributed by atoms with Gasteiger partial charge in [-0.2, -0.15) is 0 Å². The number of rotatable bonds is 5. The molecular formula is C13H17ClFNO2. The van der Waals surface area contributed by atoms with Gasteiger partial charge < -0.3 is 10.1 Å². The van der Waals surface area contributed by atoms with Crippen molar-refractivity contribution in [1.29, 1.82) is 0 Å². The van der Waals surface area contributed by atoms with Crippen LogP contribution in [0.4, 0.5) is 4.39 Å². The Balaban J connectivity index is 2.55. The van der Waals surface area contributed by atoms with Crippen molar-refractivity contribution in [2.24, 2.45) is 0 Å². The maximum atomic E-state index is 13.5. The van der Waals surface area contributed by atoms with Crippen LogP contribution >= 0.6 is 11.6 Å². The Bertz CT molecular complexity index is 423. The van der Waals surface area contributed by atoms with E-state index >= 15 is 0 Å². The fourth-order valence-electron chi connectivity index (χ4n) is 1.48. The molecule has 0 heterocycles. The summed E-state index contributed by atoms with van der Waals surface area (Å²) in [6.07, 6.45) is -0.596. The third kappa shape index (κ3) is 4.27. The number of amides is 1. The number of ether oxygens (including phenoxy) is 1. The number of halogens is 2. The zero-order valence-corrected chi connectivity index (χ0v) is 11.4. The maximum Gasteiger partial charge on any atom is 0.249 e. The minimum absolute atomic E-state index is 0.0337. The van der Waals surface area contributed by atoms with Crippen molar-refractivity contribution in [2.45, 2.75) is 39.5 Å². The van der Waals surface area contributed by atoms with Crippen molar-refractivity contribution in [3.05, 3.63) is 34.6 Å². The summed E-state index contributed by atoms with van der Waals surface area (Å²) < 4.78 is 18.9. The molecule has 0 unspecified atom stereocenters. The zero-order valence-electron chi connectivity index (χ0n) is 10.7. The lowest BCUT2D eigenvalue weighted by Crippen LogP contribution is -2.35. The Hall–Kier alpha value is -1.13. The molecule has 1 amide bonds. The molecule has 18 heavy (non-hydrogen) atoms. The van der Waals surface area contributed by atoms with Crippen LogP contribution in [0.15, 0.2) is 18.2 Å². The Morgan fingerprint density at radius 3 is 2.72 bits per heavy atom. The van der Waals surface area contributed by atoms with E-state index in [1.54, 1.807) is 19.1 Å². The second kappa shape index (κ2) is 6.71. The van der Waals surface area contributed by atoms with Gasteiger partial charge in [0.1, 0.15) is 11.9 Å². The average molecular weight is 274 g/mol. The van der Waals surface area contributed by atoms with Crippen LogP contribution < -0.4 is 5.32 Å². The second-order valence-corrected chi connectivity index (χ2v) is 4.67. The molecule has 0 aliphatic rings. The predicted molar refractivity (Wildman–Crippen MR) is 68.9 cm³/mol. The van der Waals surface area contributed by atoms with E-state index in [0.29, 0.717) is 5.56 Å². The molecule has 0 aliphatic carbocycles. The zero-order chi connectivity index (χ0) is 13.7. The topological polar surface area (TPSA) is 38.3 Å². The van der Waals surface area contributed by atoms with Gasteiger partial charge in [0.25, 0.3) is 0 Å². The number of carbonyl (C=O) groups excluding carboxylic acids is 1. The van der Waals surface area contributed by atoms with Crippen LogP contribution in [-0.2, 0) is 16.1 Å². The molecule has 1 N–H and O–H groups in total. The van der Waals surface area contributed by atoms with Gasteiger partial charge in [-0.05, 0) is 26.8 Å². The first-order valence-electron chi connectivity index (χ1n) is 5.78. The summed E-state index contributed by atoms with van der Waals surface area (Å²) in [4.78, 5) is 11.7. The standard InChI is InChI=1S/C13H17ClFNO2/c1-8(2)18-9(3)13(17)16-7-10-5-4-6-11(14)12(10)15/h4-6,8-9H,7H2,1-3H3,(H,16,17)/t9-/m1/s1. The van der Waals surface area contributed by atoms with Gasteiger partial charge in [0.15, 0.2) is 0 Å². The molecule has 3 nitrogen and oxygen atoms in total. The summed E-state index contributed by atoms with van der Waals surface area (Å²) in [6, 6.07) is 4.68. The molecule has 100 valence electrons. The molecule has 1 aromatic carbocycles. The Labute approximate surface area is 111 Å². The van der Waals surface area contributed by atoms with Crippen LogP contribution in [0.2, 0.25) is 5.02 Å².